The van der Waals surface area contributed by atoms with Gasteiger partial charge in [0.05, 0.1) is 6.54 Å². The first kappa shape index (κ1) is 13.2. The molecular formula is C12H17BrN2O. The summed E-state index contributed by atoms with van der Waals surface area (Å²) in [6, 6.07) is 7.57. The molecule has 0 aromatic heterocycles. The molecule has 0 radical (unpaired) electrons. The van der Waals surface area contributed by atoms with E-state index in [2.05, 4.69) is 33.5 Å². The Balaban J connectivity index is 2.29. The van der Waals surface area contributed by atoms with Crippen LogP contribution in [0.15, 0.2) is 28.7 Å². The topological polar surface area (TPSA) is 41.1 Å². The van der Waals surface area contributed by atoms with E-state index in [0.717, 1.165) is 29.5 Å². The molecule has 3 nitrogen and oxygen atoms in total. The van der Waals surface area contributed by atoms with Crippen molar-refractivity contribution in [1.29, 1.82) is 0 Å². The molecule has 0 bridgehead atoms. The number of carbonyl (C=O) groups is 1. The molecule has 88 valence electrons. The normalized spacial score (nSPS) is 10.1. The van der Waals surface area contributed by atoms with E-state index in [4.69, 9.17) is 0 Å². The molecule has 0 heterocycles. The van der Waals surface area contributed by atoms with Crippen LogP contribution < -0.4 is 10.6 Å². The summed E-state index contributed by atoms with van der Waals surface area (Å²) in [6.45, 7) is 3.39. The summed E-state index contributed by atoms with van der Waals surface area (Å²) in [5.74, 6) is -0.00537. The number of carbonyl (C=O) groups excluding carboxylic acids is 1. The highest BCUT2D eigenvalue weighted by molar-refractivity contribution is 9.10. The molecule has 0 spiro atoms. The van der Waals surface area contributed by atoms with Crippen LogP contribution in [-0.4, -0.2) is 19.0 Å². The van der Waals surface area contributed by atoms with Crippen molar-refractivity contribution < 1.29 is 4.79 Å². The Bertz CT molecular complexity index is 342. The second-order valence-corrected chi connectivity index (χ2v) is 4.50. The van der Waals surface area contributed by atoms with Gasteiger partial charge in [-0.2, -0.15) is 0 Å². The van der Waals surface area contributed by atoms with Gasteiger partial charge >= 0.3 is 0 Å². The van der Waals surface area contributed by atoms with Gasteiger partial charge in [0.2, 0.25) is 5.91 Å². The zero-order chi connectivity index (χ0) is 11.8. The molecule has 0 unspecified atom stereocenters. The van der Waals surface area contributed by atoms with Crippen molar-refractivity contribution in [2.45, 2.75) is 19.8 Å². The lowest BCUT2D eigenvalue weighted by Crippen LogP contribution is -2.28. The Morgan fingerprint density at radius 2 is 2.25 bits per heavy atom. The average Bonchev–Trinajstić information content (AvgIpc) is 2.24. The van der Waals surface area contributed by atoms with Crippen molar-refractivity contribution in [2.24, 2.45) is 0 Å². The molecular weight excluding hydrogens is 268 g/mol. The minimum absolute atomic E-state index is 0.00537. The molecule has 1 aromatic carbocycles. The third-order valence-corrected chi connectivity index (χ3v) is 2.59. The Kier molecular flexibility index (Phi) is 6.11. The van der Waals surface area contributed by atoms with Crippen molar-refractivity contribution in [1.82, 2.24) is 5.32 Å². The smallest absolute Gasteiger partial charge is 0.238 e. The first-order valence-electron chi connectivity index (χ1n) is 5.48. The first-order chi connectivity index (χ1) is 7.72. The van der Waals surface area contributed by atoms with Crippen LogP contribution in [0.1, 0.15) is 19.8 Å². The third-order valence-electron chi connectivity index (χ3n) is 2.10. The Labute approximate surface area is 105 Å². The highest BCUT2D eigenvalue weighted by Gasteiger charge is 2.01. The Morgan fingerprint density at radius 3 is 2.94 bits per heavy atom. The van der Waals surface area contributed by atoms with Crippen molar-refractivity contribution in [3.63, 3.8) is 0 Å². The quantitative estimate of drug-likeness (QED) is 0.789. The number of benzene rings is 1. The predicted octanol–water partition coefficient (Wildman–Crippen LogP) is 2.78. The van der Waals surface area contributed by atoms with Gasteiger partial charge in [-0.15, -0.1) is 0 Å². The van der Waals surface area contributed by atoms with Crippen LogP contribution in [0, 0.1) is 0 Å². The van der Waals surface area contributed by atoms with Crippen LogP contribution in [0.5, 0.6) is 0 Å². The highest BCUT2D eigenvalue weighted by atomic mass is 79.9. The SMILES string of the molecule is CCCCNCC(=O)Nc1cccc(Br)c1. The number of hydrogen-bond donors (Lipinski definition) is 2. The van der Waals surface area contributed by atoms with Crippen molar-refractivity contribution in [3.8, 4) is 0 Å². The van der Waals surface area contributed by atoms with Crippen LogP contribution in [0.3, 0.4) is 0 Å². The fourth-order valence-corrected chi connectivity index (χ4v) is 1.67. The van der Waals surface area contributed by atoms with Crippen LogP contribution in [0.2, 0.25) is 0 Å². The predicted molar refractivity (Wildman–Crippen MR) is 70.5 cm³/mol. The number of hydrogen-bond acceptors (Lipinski definition) is 2. The molecule has 0 atom stereocenters. The van der Waals surface area contributed by atoms with Gasteiger partial charge in [0.1, 0.15) is 0 Å². The molecule has 1 rings (SSSR count). The molecule has 1 amide bonds. The molecule has 0 aliphatic rings. The Hall–Kier alpha value is -0.870. The Morgan fingerprint density at radius 1 is 1.44 bits per heavy atom. The largest absolute Gasteiger partial charge is 0.325 e. The summed E-state index contributed by atoms with van der Waals surface area (Å²) in [6.07, 6.45) is 2.24. The van der Waals surface area contributed by atoms with E-state index >= 15 is 0 Å². The number of anilines is 1. The van der Waals surface area contributed by atoms with E-state index in [1.807, 2.05) is 24.3 Å². The van der Waals surface area contributed by atoms with Gasteiger partial charge in [0, 0.05) is 10.2 Å². The van der Waals surface area contributed by atoms with E-state index in [1.165, 1.54) is 0 Å². The monoisotopic (exact) mass is 284 g/mol. The van der Waals surface area contributed by atoms with Gasteiger partial charge in [-0.25, -0.2) is 0 Å². The van der Waals surface area contributed by atoms with Crippen LogP contribution in [0.25, 0.3) is 0 Å². The fourth-order valence-electron chi connectivity index (χ4n) is 1.28. The molecule has 0 saturated heterocycles. The van der Waals surface area contributed by atoms with E-state index < -0.39 is 0 Å². The van der Waals surface area contributed by atoms with Gasteiger partial charge in [-0.3, -0.25) is 4.79 Å². The summed E-state index contributed by atoms with van der Waals surface area (Å²) in [4.78, 5) is 11.5. The van der Waals surface area contributed by atoms with Gasteiger partial charge in [0.15, 0.2) is 0 Å². The summed E-state index contributed by atoms with van der Waals surface area (Å²) in [5.41, 5.74) is 0.816. The van der Waals surface area contributed by atoms with E-state index in [9.17, 15) is 4.79 Å². The van der Waals surface area contributed by atoms with Gasteiger partial charge in [-0.05, 0) is 31.2 Å². The standard InChI is InChI=1S/C12H17BrN2O/c1-2-3-7-14-9-12(16)15-11-6-4-5-10(13)8-11/h4-6,8,14H,2-3,7,9H2,1H3,(H,15,16). The molecule has 4 heteroatoms. The molecule has 2 N–H and O–H groups in total. The van der Waals surface area contributed by atoms with Crippen molar-refractivity contribution in [2.75, 3.05) is 18.4 Å². The number of nitrogens with one attached hydrogen (secondary N) is 2. The number of unbranched alkanes of at least 4 members (excludes halogenated alkanes) is 1. The van der Waals surface area contributed by atoms with Crippen LogP contribution >= 0.6 is 15.9 Å². The summed E-state index contributed by atoms with van der Waals surface area (Å²) in [7, 11) is 0. The number of rotatable bonds is 6. The molecule has 0 aliphatic carbocycles. The first-order valence-corrected chi connectivity index (χ1v) is 6.28. The molecule has 16 heavy (non-hydrogen) atoms. The third kappa shape index (κ3) is 5.28. The lowest BCUT2D eigenvalue weighted by Gasteiger charge is -2.06. The minimum Gasteiger partial charge on any atom is -0.325 e. The van der Waals surface area contributed by atoms with E-state index in [1.54, 1.807) is 0 Å². The summed E-state index contributed by atoms with van der Waals surface area (Å²) < 4.78 is 0.962. The van der Waals surface area contributed by atoms with E-state index in [-0.39, 0.29) is 5.91 Å². The minimum atomic E-state index is -0.00537. The van der Waals surface area contributed by atoms with E-state index in [0.29, 0.717) is 6.54 Å². The van der Waals surface area contributed by atoms with Gasteiger partial charge in [0.25, 0.3) is 0 Å². The molecule has 0 saturated carbocycles. The average molecular weight is 285 g/mol. The van der Waals surface area contributed by atoms with Crippen molar-refractivity contribution in [3.05, 3.63) is 28.7 Å². The van der Waals surface area contributed by atoms with Crippen LogP contribution in [-0.2, 0) is 4.79 Å². The summed E-state index contributed by atoms with van der Waals surface area (Å²) in [5, 5.41) is 5.93. The number of amides is 1. The molecule has 0 aliphatic heterocycles. The van der Waals surface area contributed by atoms with Gasteiger partial charge in [-0.1, -0.05) is 35.3 Å². The van der Waals surface area contributed by atoms with Crippen molar-refractivity contribution >= 4 is 27.5 Å². The zero-order valence-electron chi connectivity index (χ0n) is 9.42. The highest BCUT2D eigenvalue weighted by Crippen LogP contribution is 2.15. The lowest BCUT2D eigenvalue weighted by molar-refractivity contribution is -0.115. The maximum atomic E-state index is 11.5. The molecule has 0 fully saturated rings. The molecule has 1 aromatic rings. The zero-order valence-corrected chi connectivity index (χ0v) is 11.0. The number of halogens is 1. The van der Waals surface area contributed by atoms with Crippen LogP contribution in [0.4, 0.5) is 5.69 Å². The lowest BCUT2D eigenvalue weighted by atomic mass is 10.3. The second kappa shape index (κ2) is 7.41. The fraction of sp³-hybridized carbons (Fsp3) is 0.417. The maximum Gasteiger partial charge on any atom is 0.238 e. The maximum absolute atomic E-state index is 11.5. The van der Waals surface area contributed by atoms with Gasteiger partial charge < -0.3 is 10.6 Å². The second-order valence-electron chi connectivity index (χ2n) is 3.59. The summed E-state index contributed by atoms with van der Waals surface area (Å²) >= 11 is 3.36.